The smallest absolute Gasteiger partial charge is 0.238 e. The average molecular weight is 334 g/mol. The number of carbonyl (C=O) groups excluding carboxylic acids is 1. The molecule has 0 atom stereocenters. The Bertz CT molecular complexity index is 543. The van der Waals surface area contributed by atoms with E-state index in [1.54, 1.807) is 6.20 Å². The zero-order chi connectivity index (χ0) is 14.2. The lowest BCUT2D eigenvalue weighted by Crippen LogP contribution is -2.29. The lowest BCUT2D eigenvalue weighted by molar-refractivity contribution is -0.115. The number of nitrogens with zero attached hydrogens (tertiary/aromatic N) is 1. The molecule has 1 aromatic heterocycles. The average Bonchev–Trinajstić information content (AvgIpc) is 2.47. The first-order valence-electron chi connectivity index (χ1n) is 6.40. The van der Waals surface area contributed by atoms with Gasteiger partial charge in [0.25, 0.3) is 0 Å². The summed E-state index contributed by atoms with van der Waals surface area (Å²) in [5.74, 6) is -0.0478. The molecule has 0 aliphatic heterocycles. The van der Waals surface area contributed by atoms with Crippen molar-refractivity contribution in [3.05, 3.63) is 58.8 Å². The number of nitrogens with one attached hydrogen (secondary N) is 2. The molecular weight excluding hydrogens is 318 g/mol. The molecule has 0 aliphatic rings. The van der Waals surface area contributed by atoms with Gasteiger partial charge < -0.3 is 10.6 Å². The maximum Gasteiger partial charge on any atom is 0.238 e. The first-order valence-corrected chi connectivity index (χ1v) is 7.19. The van der Waals surface area contributed by atoms with E-state index in [1.807, 2.05) is 42.5 Å². The number of carbonyl (C=O) groups is 1. The standard InChI is InChI=1S/C15H16BrN3O/c16-12-4-6-14(7-5-12)19-15(20)11-17-10-8-13-3-1-2-9-18-13/h1-7,9,17H,8,10-11H2,(H,19,20). The van der Waals surface area contributed by atoms with Crippen LogP contribution in [0.1, 0.15) is 5.69 Å². The predicted molar refractivity (Wildman–Crippen MR) is 83.6 cm³/mol. The van der Waals surface area contributed by atoms with E-state index in [0.29, 0.717) is 6.54 Å². The largest absolute Gasteiger partial charge is 0.325 e. The van der Waals surface area contributed by atoms with Gasteiger partial charge in [0, 0.05) is 35.0 Å². The number of pyridine rings is 1. The summed E-state index contributed by atoms with van der Waals surface area (Å²) in [5.41, 5.74) is 1.82. The molecule has 104 valence electrons. The summed E-state index contributed by atoms with van der Waals surface area (Å²) in [4.78, 5) is 15.9. The highest BCUT2D eigenvalue weighted by molar-refractivity contribution is 9.10. The van der Waals surface area contributed by atoms with Crippen LogP contribution < -0.4 is 10.6 Å². The fraction of sp³-hybridized carbons (Fsp3) is 0.200. The van der Waals surface area contributed by atoms with Crippen LogP contribution in [0.2, 0.25) is 0 Å². The van der Waals surface area contributed by atoms with E-state index in [2.05, 4.69) is 31.5 Å². The van der Waals surface area contributed by atoms with Crippen molar-refractivity contribution >= 4 is 27.5 Å². The first-order chi connectivity index (χ1) is 9.74. The number of anilines is 1. The van der Waals surface area contributed by atoms with Gasteiger partial charge in [-0.25, -0.2) is 0 Å². The molecule has 0 spiro atoms. The van der Waals surface area contributed by atoms with Crippen molar-refractivity contribution in [2.45, 2.75) is 6.42 Å². The third kappa shape index (κ3) is 5.11. The molecule has 2 rings (SSSR count). The maximum absolute atomic E-state index is 11.7. The van der Waals surface area contributed by atoms with Crippen molar-refractivity contribution in [2.75, 3.05) is 18.4 Å². The number of aromatic nitrogens is 1. The molecule has 5 heteroatoms. The molecule has 0 saturated carbocycles. The van der Waals surface area contributed by atoms with Crippen molar-refractivity contribution in [3.63, 3.8) is 0 Å². The summed E-state index contributed by atoms with van der Waals surface area (Å²) in [6.45, 7) is 1.02. The van der Waals surface area contributed by atoms with Crippen LogP contribution in [0.25, 0.3) is 0 Å². The van der Waals surface area contributed by atoms with Gasteiger partial charge in [0.15, 0.2) is 0 Å². The first kappa shape index (κ1) is 14.7. The maximum atomic E-state index is 11.7. The van der Waals surface area contributed by atoms with Crippen LogP contribution in [-0.2, 0) is 11.2 Å². The normalized spacial score (nSPS) is 10.2. The summed E-state index contributed by atoms with van der Waals surface area (Å²) >= 11 is 3.35. The summed E-state index contributed by atoms with van der Waals surface area (Å²) in [6, 6.07) is 13.3. The van der Waals surface area contributed by atoms with E-state index in [-0.39, 0.29) is 5.91 Å². The van der Waals surface area contributed by atoms with E-state index in [0.717, 1.165) is 28.8 Å². The number of halogens is 1. The quantitative estimate of drug-likeness (QED) is 0.799. The van der Waals surface area contributed by atoms with Gasteiger partial charge in [-0.3, -0.25) is 9.78 Å². The molecule has 1 aromatic carbocycles. The Labute approximate surface area is 126 Å². The lowest BCUT2D eigenvalue weighted by Gasteiger charge is -2.06. The van der Waals surface area contributed by atoms with Gasteiger partial charge in [-0.05, 0) is 36.4 Å². The second-order valence-corrected chi connectivity index (χ2v) is 5.22. The van der Waals surface area contributed by atoms with E-state index < -0.39 is 0 Å². The van der Waals surface area contributed by atoms with Crippen molar-refractivity contribution < 1.29 is 4.79 Å². The molecule has 2 aromatic rings. The molecule has 0 unspecified atom stereocenters. The number of rotatable bonds is 6. The molecule has 4 nitrogen and oxygen atoms in total. The van der Waals surface area contributed by atoms with Crippen molar-refractivity contribution in [2.24, 2.45) is 0 Å². The molecule has 0 aliphatic carbocycles. The van der Waals surface area contributed by atoms with E-state index in [1.165, 1.54) is 0 Å². The molecule has 0 bridgehead atoms. The summed E-state index contributed by atoms with van der Waals surface area (Å²) < 4.78 is 0.990. The van der Waals surface area contributed by atoms with Crippen LogP contribution in [0.4, 0.5) is 5.69 Å². The minimum absolute atomic E-state index is 0.0478. The highest BCUT2D eigenvalue weighted by Gasteiger charge is 2.01. The third-order valence-electron chi connectivity index (χ3n) is 2.70. The molecule has 0 radical (unpaired) electrons. The Balaban J connectivity index is 1.66. The number of hydrogen-bond acceptors (Lipinski definition) is 3. The van der Waals surface area contributed by atoms with Crippen molar-refractivity contribution in [1.82, 2.24) is 10.3 Å². The van der Waals surface area contributed by atoms with E-state index >= 15 is 0 Å². The second kappa shape index (κ2) is 7.77. The Morgan fingerprint density at radius 3 is 2.65 bits per heavy atom. The van der Waals surface area contributed by atoms with Crippen LogP contribution in [-0.4, -0.2) is 24.0 Å². The van der Waals surface area contributed by atoms with Crippen LogP contribution in [0.3, 0.4) is 0 Å². The molecular formula is C15H16BrN3O. The van der Waals surface area contributed by atoms with Crippen LogP contribution in [0.5, 0.6) is 0 Å². The molecule has 20 heavy (non-hydrogen) atoms. The van der Waals surface area contributed by atoms with Gasteiger partial charge in [-0.15, -0.1) is 0 Å². The Morgan fingerprint density at radius 1 is 1.15 bits per heavy atom. The van der Waals surface area contributed by atoms with Crippen molar-refractivity contribution in [1.29, 1.82) is 0 Å². The zero-order valence-electron chi connectivity index (χ0n) is 11.0. The van der Waals surface area contributed by atoms with Crippen LogP contribution in [0, 0.1) is 0 Å². The van der Waals surface area contributed by atoms with Gasteiger partial charge in [-0.1, -0.05) is 22.0 Å². The molecule has 1 heterocycles. The molecule has 0 fully saturated rings. The second-order valence-electron chi connectivity index (χ2n) is 4.30. The number of benzene rings is 1. The van der Waals surface area contributed by atoms with Gasteiger partial charge >= 0.3 is 0 Å². The number of hydrogen-bond donors (Lipinski definition) is 2. The van der Waals surface area contributed by atoms with Crippen molar-refractivity contribution in [3.8, 4) is 0 Å². The Hall–Kier alpha value is -1.72. The van der Waals surface area contributed by atoms with Crippen LogP contribution in [0.15, 0.2) is 53.1 Å². The number of amides is 1. The summed E-state index contributed by atoms with van der Waals surface area (Å²) in [5, 5.41) is 5.93. The minimum atomic E-state index is -0.0478. The zero-order valence-corrected chi connectivity index (χ0v) is 12.6. The predicted octanol–water partition coefficient (Wildman–Crippen LogP) is 2.61. The highest BCUT2D eigenvalue weighted by atomic mass is 79.9. The molecule has 2 N–H and O–H groups in total. The van der Waals surface area contributed by atoms with Gasteiger partial charge in [0.05, 0.1) is 6.54 Å². The highest BCUT2D eigenvalue weighted by Crippen LogP contribution is 2.13. The lowest BCUT2D eigenvalue weighted by atomic mass is 10.3. The SMILES string of the molecule is O=C(CNCCc1ccccn1)Nc1ccc(Br)cc1. The van der Waals surface area contributed by atoms with Gasteiger partial charge in [0.2, 0.25) is 5.91 Å². The molecule has 1 amide bonds. The van der Waals surface area contributed by atoms with Gasteiger partial charge in [0.1, 0.15) is 0 Å². The van der Waals surface area contributed by atoms with E-state index in [4.69, 9.17) is 0 Å². The Morgan fingerprint density at radius 2 is 1.95 bits per heavy atom. The monoisotopic (exact) mass is 333 g/mol. The molecule has 0 saturated heterocycles. The Kier molecular flexibility index (Phi) is 5.70. The fourth-order valence-electron chi connectivity index (χ4n) is 1.70. The third-order valence-corrected chi connectivity index (χ3v) is 3.23. The van der Waals surface area contributed by atoms with Gasteiger partial charge in [-0.2, -0.15) is 0 Å². The summed E-state index contributed by atoms with van der Waals surface area (Å²) in [6.07, 6.45) is 2.59. The van der Waals surface area contributed by atoms with Crippen LogP contribution >= 0.6 is 15.9 Å². The fourth-order valence-corrected chi connectivity index (χ4v) is 1.97. The topological polar surface area (TPSA) is 54.0 Å². The minimum Gasteiger partial charge on any atom is -0.325 e. The summed E-state index contributed by atoms with van der Waals surface area (Å²) in [7, 11) is 0. The van der Waals surface area contributed by atoms with E-state index in [9.17, 15) is 4.79 Å².